The van der Waals surface area contributed by atoms with Crippen molar-refractivity contribution >= 4 is 29.3 Å². The number of rotatable bonds is 5. The smallest absolute Gasteiger partial charge is 0.407 e. The van der Waals surface area contributed by atoms with Crippen molar-refractivity contribution < 1.29 is 9.53 Å². The number of benzene rings is 2. The number of halogens is 2. The Labute approximate surface area is 151 Å². The molecule has 2 aromatic rings. The van der Waals surface area contributed by atoms with Crippen LogP contribution in [0.25, 0.3) is 0 Å². The largest absolute Gasteiger partial charge is 0.445 e. The molecule has 3 nitrogen and oxygen atoms in total. The summed E-state index contributed by atoms with van der Waals surface area (Å²) < 4.78 is 5.11. The zero-order chi connectivity index (χ0) is 17.2. The number of hydrogen-bond acceptors (Lipinski definition) is 2. The highest BCUT2D eigenvalue weighted by molar-refractivity contribution is 6.32. The molecule has 24 heavy (non-hydrogen) atoms. The molecule has 0 saturated heterocycles. The molecule has 0 heterocycles. The molecule has 1 amide bonds. The Hall–Kier alpha value is -2.15. The third-order valence-corrected chi connectivity index (χ3v) is 3.81. The molecule has 0 saturated carbocycles. The van der Waals surface area contributed by atoms with E-state index < -0.39 is 6.09 Å². The molecule has 124 valence electrons. The van der Waals surface area contributed by atoms with E-state index in [-0.39, 0.29) is 6.61 Å². The van der Waals surface area contributed by atoms with E-state index >= 15 is 0 Å². The van der Waals surface area contributed by atoms with Gasteiger partial charge in [-0.2, -0.15) is 0 Å². The van der Waals surface area contributed by atoms with Gasteiger partial charge >= 0.3 is 6.09 Å². The quantitative estimate of drug-likeness (QED) is 0.474. The van der Waals surface area contributed by atoms with Crippen LogP contribution in [0.3, 0.4) is 0 Å². The van der Waals surface area contributed by atoms with Crippen molar-refractivity contribution in [2.45, 2.75) is 18.9 Å². The number of carbonyl (C=O) groups is 1. The van der Waals surface area contributed by atoms with Crippen molar-refractivity contribution in [1.29, 1.82) is 0 Å². The second-order valence-corrected chi connectivity index (χ2v) is 5.65. The zero-order valence-corrected chi connectivity index (χ0v) is 14.5. The third-order valence-electron chi connectivity index (χ3n) is 3.15. The Morgan fingerprint density at radius 1 is 1.17 bits per heavy atom. The van der Waals surface area contributed by atoms with Gasteiger partial charge in [0.15, 0.2) is 0 Å². The molecular formula is C19H17Cl2NO2. The van der Waals surface area contributed by atoms with Crippen LogP contribution in [0.15, 0.2) is 48.5 Å². The maximum atomic E-state index is 11.6. The molecule has 0 aliphatic heterocycles. The Kier molecular flexibility index (Phi) is 7.48. The molecular weight excluding hydrogens is 345 g/mol. The number of nitrogens with one attached hydrogen (secondary N) is 1. The highest BCUT2D eigenvalue weighted by Gasteiger charge is 2.01. The average Bonchev–Trinajstić information content (AvgIpc) is 2.62. The van der Waals surface area contributed by atoms with Crippen LogP contribution in [0.1, 0.15) is 23.1 Å². The van der Waals surface area contributed by atoms with Gasteiger partial charge < -0.3 is 10.1 Å². The molecule has 1 N–H and O–H groups in total. The van der Waals surface area contributed by atoms with E-state index in [4.69, 9.17) is 27.9 Å². The minimum Gasteiger partial charge on any atom is -0.445 e. The predicted octanol–water partition coefficient (Wildman–Crippen LogP) is 4.75. The molecule has 0 radical (unpaired) electrons. The van der Waals surface area contributed by atoms with E-state index in [1.54, 1.807) is 6.07 Å². The first-order valence-electron chi connectivity index (χ1n) is 7.47. The monoisotopic (exact) mass is 361 g/mol. The fraction of sp³-hybridized carbons (Fsp3) is 0.211. The topological polar surface area (TPSA) is 38.3 Å². The SMILES string of the molecule is O=C(NCCC#Cc1ccc(Cl)c(CCl)c1)OCc1ccccc1. The van der Waals surface area contributed by atoms with E-state index in [0.29, 0.717) is 23.9 Å². The highest BCUT2D eigenvalue weighted by atomic mass is 35.5. The third kappa shape index (κ3) is 6.16. The van der Waals surface area contributed by atoms with Crippen molar-refractivity contribution in [2.24, 2.45) is 0 Å². The molecule has 0 spiro atoms. The fourth-order valence-electron chi connectivity index (χ4n) is 1.92. The summed E-state index contributed by atoms with van der Waals surface area (Å²) >= 11 is 11.8. The van der Waals surface area contributed by atoms with Crippen molar-refractivity contribution in [2.75, 3.05) is 6.54 Å². The van der Waals surface area contributed by atoms with E-state index in [2.05, 4.69) is 17.2 Å². The van der Waals surface area contributed by atoms with Crippen LogP contribution >= 0.6 is 23.2 Å². The highest BCUT2D eigenvalue weighted by Crippen LogP contribution is 2.18. The summed E-state index contributed by atoms with van der Waals surface area (Å²) in [6, 6.07) is 15.0. The molecule has 0 aliphatic rings. The Morgan fingerprint density at radius 2 is 1.96 bits per heavy atom. The number of alkyl halides is 1. The fourth-order valence-corrected chi connectivity index (χ4v) is 2.39. The van der Waals surface area contributed by atoms with Crippen LogP contribution in [0.2, 0.25) is 5.02 Å². The van der Waals surface area contributed by atoms with Gasteiger partial charge in [-0.1, -0.05) is 53.8 Å². The standard InChI is InChI=1S/C19H17Cl2NO2/c20-13-17-12-15(9-10-18(17)21)6-4-5-11-22-19(23)24-14-16-7-2-1-3-8-16/h1-3,7-10,12H,5,11,13-14H2,(H,22,23). The molecule has 0 aromatic heterocycles. The van der Waals surface area contributed by atoms with Gasteiger partial charge in [0, 0.05) is 29.4 Å². The summed E-state index contributed by atoms with van der Waals surface area (Å²) in [4.78, 5) is 11.6. The van der Waals surface area contributed by atoms with Crippen LogP contribution < -0.4 is 5.32 Å². The van der Waals surface area contributed by atoms with Gasteiger partial charge in [-0.15, -0.1) is 11.6 Å². The number of hydrogen-bond donors (Lipinski definition) is 1. The molecule has 5 heteroatoms. The van der Waals surface area contributed by atoms with Crippen LogP contribution in [0.4, 0.5) is 4.79 Å². The van der Waals surface area contributed by atoms with Crippen LogP contribution in [-0.4, -0.2) is 12.6 Å². The first-order valence-corrected chi connectivity index (χ1v) is 8.38. The molecule has 2 rings (SSSR count). The molecule has 0 bridgehead atoms. The summed E-state index contributed by atoms with van der Waals surface area (Å²) in [6.45, 7) is 0.681. The number of alkyl carbamates (subject to hydrolysis) is 1. The van der Waals surface area contributed by atoms with Gasteiger partial charge in [-0.05, 0) is 29.3 Å². The van der Waals surface area contributed by atoms with Gasteiger partial charge in [0.1, 0.15) is 6.61 Å². The molecule has 0 unspecified atom stereocenters. The van der Waals surface area contributed by atoms with Gasteiger partial charge in [0.05, 0.1) is 0 Å². The summed E-state index contributed by atoms with van der Waals surface area (Å²) in [5, 5.41) is 3.30. The second-order valence-electron chi connectivity index (χ2n) is 4.98. The first-order chi connectivity index (χ1) is 11.7. The number of ether oxygens (including phenoxy) is 1. The summed E-state index contributed by atoms with van der Waals surface area (Å²) in [7, 11) is 0. The Morgan fingerprint density at radius 3 is 2.71 bits per heavy atom. The lowest BCUT2D eigenvalue weighted by Crippen LogP contribution is -2.24. The molecule has 2 aromatic carbocycles. The van der Waals surface area contributed by atoms with E-state index in [0.717, 1.165) is 16.7 Å². The lowest BCUT2D eigenvalue weighted by Gasteiger charge is -2.05. The lowest BCUT2D eigenvalue weighted by atomic mass is 10.1. The minimum absolute atomic E-state index is 0.254. The van der Waals surface area contributed by atoms with E-state index in [1.165, 1.54) is 0 Å². The van der Waals surface area contributed by atoms with Crippen molar-refractivity contribution in [3.8, 4) is 11.8 Å². The first kappa shape index (κ1) is 18.2. The molecule has 0 atom stereocenters. The molecule has 0 aliphatic carbocycles. The van der Waals surface area contributed by atoms with Crippen molar-refractivity contribution in [1.82, 2.24) is 5.32 Å². The Balaban J connectivity index is 1.70. The predicted molar refractivity (Wildman–Crippen MR) is 97.1 cm³/mol. The summed E-state index contributed by atoms with van der Waals surface area (Å²) in [5.74, 6) is 6.36. The van der Waals surface area contributed by atoms with Crippen LogP contribution in [0, 0.1) is 11.8 Å². The van der Waals surface area contributed by atoms with Gasteiger partial charge in [-0.25, -0.2) is 4.79 Å². The Bertz CT molecular complexity index is 736. The minimum atomic E-state index is -0.448. The van der Waals surface area contributed by atoms with Gasteiger partial charge in [0.25, 0.3) is 0 Å². The van der Waals surface area contributed by atoms with E-state index in [9.17, 15) is 4.79 Å². The van der Waals surface area contributed by atoms with Crippen LogP contribution in [0.5, 0.6) is 0 Å². The maximum Gasteiger partial charge on any atom is 0.407 e. The zero-order valence-electron chi connectivity index (χ0n) is 13.0. The van der Waals surface area contributed by atoms with Crippen molar-refractivity contribution in [3.05, 3.63) is 70.2 Å². The van der Waals surface area contributed by atoms with Gasteiger partial charge in [0.2, 0.25) is 0 Å². The average molecular weight is 362 g/mol. The lowest BCUT2D eigenvalue weighted by molar-refractivity contribution is 0.140. The summed E-state index contributed by atoms with van der Waals surface area (Å²) in [6.07, 6.45) is 0.0794. The van der Waals surface area contributed by atoms with Crippen molar-refractivity contribution in [3.63, 3.8) is 0 Å². The van der Waals surface area contributed by atoms with Crippen LogP contribution in [-0.2, 0) is 17.2 Å². The maximum absolute atomic E-state index is 11.6. The van der Waals surface area contributed by atoms with E-state index in [1.807, 2.05) is 42.5 Å². The second kappa shape index (κ2) is 9.87. The number of amides is 1. The van der Waals surface area contributed by atoms with Gasteiger partial charge in [-0.3, -0.25) is 0 Å². The summed E-state index contributed by atoms with van der Waals surface area (Å²) in [5.41, 5.74) is 2.65. The normalized spacial score (nSPS) is 9.75. The number of carbonyl (C=O) groups excluding carboxylic acids is 1. The molecule has 0 fully saturated rings.